The largest absolute Gasteiger partial charge is 0.465 e. The maximum absolute atomic E-state index is 11.3. The molecule has 2 rings (SSSR count). The molecule has 2 aromatic rings. The van der Waals surface area contributed by atoms with Gasteiger partial charge in [-0.25, -0.2) is 4.79 Å². The molecule has 1 heterocycles. The highest BCUT2D eigenvalue weighted by molar-refractivity contribution is 7.99. The lowest BCUT2D eigenvalue weighted by Gasteiger charge is -2.04. The van der Waals surface area contributed by atoms with Crippen molar-refractivity contribution in [2.45, 2.75) is 5.16 Å². The fourth-order valence-corrected chi connectivity index (χ4v) is 1.94. The SMILES string of the molecule is COC(=O)c1ccc(-n2nnnc2SCC#N)cc1. The molecule has 0 fully saturated rings. The quantitative estimate of drug-likeness (QED) is 0.608. The van der Waals surface area contributed by atoms with E-state index in [1.54, 1.807) is 24.3 Å². The summed E-state index contributed by atoms with van der Waals surface area (Å²) in [5.74, 6) is -0.136. The third-order valence-electron chi connectivity index (χ3n) is 2.24. The highest BCUT2D eigenvalue weighted by Gasteiger charge is 2.10. The molecule has 7 nitrogen and oxygen atoms in total. The predicted octanol–water partition coefficient (Wildman–Crippen LogP) is 1.06. The van der Waals surface area contributed by atoms with Gasteiger partial charge in [-0.3, -0.25) is 0 Å². The van der Waals surface area contributed by atoms with Crippen LogP contribution in [0.25, 0.3) is 5.69 Å². The van der Waals surface area contributed by atoms with Crippen molar-refractivity contribution >= 4 is 17.7 Å². The molecular weight excluding hydrogens is 266 g/mol. The second-order valence-electron chi connectivity index (χ2n) is 3.36. The number of carbonyl (C=O) groups excluding carboxylic acids is 1. The van der Waals surface area contributed by atoms with Crippen LogP contribution < -0.4 is 0 Å². The average molecular weight is 275 g/mol. The fraction of sp³-hybridized carbons (Fsp3) is 0.182. The molecular formula is C11H9N5O2S. The molecule has 1 aromatic carbocycles. The Morgan fingerprint density at radius 3 is 2.84 bits per heavy atom. The van der Waals surface area contributed by atoms with Gasteiger partial charge in [0.15, 0.2) is 0 Å². The van der Waals surface area contributed by atoms with E-state index in [-0.39, 0.29) is 5.75 Å². The lowest BCUT2D eigenvalue weighted by Crippen LogP contribution is -2.03. The minimum absolute atomic E-state index is 0.265. The molecule has 8 heteroatoms. The first-order chi connectivity index (χ1) is 9.26. The van der Waals surface area contributed by atoms with Crippen LogP contribution in [0, 0.1) is 11.3 Å². The third-order valence-corrected chi connectivity index (χ3v) is 3.03. The number of benzene rings is 1. The Bertz CT molecular complexity index is 617. The van der Waals surface area contributed by atoms with E-state index in [1.165, 1.54) is 23.6 Å². The summed E-state index contributed by atoms with van der Waals surface area (Å²) in [6, 6.07) is 8.68. The molecule has 0 unspecified atom stereocenters. The van der Waals surface area contributed by atoms with E-state index in [0.717, 1.165) is 0 Å². The van der Waals surface area contributed by atoms with Crippen molar-refractivity contribution in [3.05, 3.63) is 29.8 Å². The molecule has 0 amide bonds. The number of hydrogen-bond donors (Lipinski definition) is 0. The van der Waals surface area contributed by atoms with Gasteiger partial charge in [0.25, 0.3) is 0 Å². The van der Waals surface area contributed by atoms with Crippen molar-refractivity contribution in [2.75, 3.05) is 12.9 Å². The van der Waals surface area contributed by atoms with E-state index >= 15 is 0 Å². The maximum atomic E-state index is 11.3. The van der Waals surface area contributed by atoms with Gasteiger partial charge in [-0.1, -0.05) is 11.8 Å². The average Bonchev–Trinajstić information content (AvgIpc) is 2.92. The van der Waals surface area contributed by atoms with Crippen molar-refractivity contribution in [1.29, 1.82) is 5.26 Å². The summed E-state index contributed by atoms with van der Waals surface area (Å²) in [5.41, 5.74) is 1.16. The van der Waals surface area contributed by atoms with Gasteiger partial charge in [-0.2, -0.15) is 9.94 Å². The lowest BCUT2D eigenvalue weighted by atomic mass is 10.2. The lowest BCUT2D eigenvalue weighted by molar-refractivity contribution is 0.0601. The number of nitriles is 1. The van der Waals surface area contributed by atoms with E-state index < -0.39 is 5.97 Å². The Labute approximate surface area is 113 Å². The van der Waals surface area contributed by atoms with Crippen molar-refractivity contribution in [3.63, 3.8) is 0 Å². The molecule has 0 radical (unpaired) electrons. The van der Waals surface area contributed by atoms with E-state index in [2.05, 4.69) is 20.3 Å². The molecule has 0 aliphatic carbocycles. The van der Waals surface area contributed by atoms with Crippen LogP contribution in [0.3, 0.4) is 0 Å². The molecule has 0 saturated carbocycles. The summed E-state index contributed by atoms with van der Waals surface area (Å²) in [6.07, 6.45) is 0. The predicted molar refractivity (Wildman–Crippen MR) is 66.8 cm³/mol. The van der Waals surface area contributed by atoms with Gasteiger partial charge in [0, 0.05) is 0 Å². The second kappa shape index (κ2) is 5.97. The zero-order valence-electron chi connectivity index (χ0n) is 9.98. The third kappa shape index (κ3) is 2.89. The van der Waals surface area contributed by atoms with Crippen molar-refractivity contribution in [1.82, 2.24) is 20.2 Å². The highest BCUT2D eigenvalue weighted by Crippen LogP contribution is 2.18. The number of rotatable bonds is 4. The second-order valence-corrected chi connectivity index (χ2v) is 4.30. The van der Waals surface area contributed by atoms with Crippen molar-refractivity contribution in [2.24, 2.45) is 0 Å². The normalized spacial score (nSPS) is 9.89. The van der Waals surface area contributed by atoms with Gasteiger partial charge in [-0.15, -0.1) is 5.10 Å². The van der Waals surface area contributed by atoms with Crippen LogP contribution in [0.2, 0.25) is 0 Å². The Hall–Kier alpha value is -2.40. The summed E-state index contributed by atoms with van der Waals surface area (Å²) in [5, 5.41) is 20.3. The van der Waals surface area contributed by atoms with Gasteiger partial charge in [0.05, 0.1) is 30.2 Å². The van der Waals surface area contributed by atoms with Crippen LogP contribution in [0.1, 0.15) is 10.4 Å². The molecule has 0 aliphatic rings. The zero-order chi connectivity index (χ0) is 13.7. The summed E-state index contributed by atoms with van der Waals surface area (Å²) < 4.78 is 6.12. The van der Waals surface area contributed by atoms with Crippen LogP contribution in [-0.2, 0) is 4.74 Å². The molecule has 0 N–H and O–H groups in total. The topological polar surface area (TPSA) is 93.7 Å². The van der Waals surface area contributed by atoms with Crippen LogP contribution in [-0.4, -0.2) is 39.0 Å². The van der Waals surface area contributed by atoms with Crippen molar-refractivity contribution in [3.8, 4) is 11.8 Å². The minimum atomic E-state index is -0.401. The summed E-state index contributed by atoms with van der Waals surface area (Å²) >= 11 is 1.24. The molecule has 0 aliphatic heterocycles. The van der Waals surface area contributed by atoms with Gasteiger partial charge in [-0.05, 0) is 34.7 Å². The molecule has 19 heavy (non-hydrogen) atoms. The minimum Gasteiger partial charge on any atom is -0.465 e. The van der Waals surface area contributed by atoms with Crippen LogP contribution in [0.4, 0.5) is 0 Å². The number of aromatic nitrogens is 4. The number of methoxy groups -OCH3 is 1. The first-order valence-electron chi connectivity index (χ1n) is 5.23. The standard InChI is InChI=1S/C11H9N5O2S/c1-18-10(17)8-2-4-9(5-3-8)16-11(13-14-15-16)19-7-6-12/h2-5H,7H2,1H3. The smallest absolute Gasteiger partial charge is 0.337 e. The molecule has 0 bridgehead atoms. The molecule has 96 valence electrons. The van der Waals surface area contributed by atoms with E-state index in [9.17, 15) is 4.79 Å². The Balaban J connectivity index is 2.25. The number of thioether (sulfide) groups is 1. The maximum Gasteiger partial charge on any atom is 0.337 e. The zero-order valence-corrected chi connectivity index (χ0v) is 10.8. The molecule has 1 aromatic heterocycles. The summed E-state index contributed by atoms with van der Waals surface area (Å²) in [6.45, 7) is 0. The van der Waals surface area contributed by atoms with Crippen molar-refractivity contribution < 1.29 is 9.53 Å². The van der Waals surface area contributed by atoms with Gasteiger partial charge < -0.3 is 4.74 Å². The Morgan fingerprint density at radius 2 is 2.21 bits per heavy atom. The fourth-order valence-electron chi connectivity index (χ4n) is 1.38. The van der Waals surface area contributed by atoms with Gasteiger partial charge in [0.2, 0.25) is 5.16 Å². The van der Waals surface area contributed by atoms with Crippen LogP contribution in [0.5, 0.6) is 0 Å². The number of carbonyl (C=O) groups is 1. The first kappa shape index (κ1) is 13.0. The summed E-state index contributed by atoms with van der Waals surface area (Å²) in [4.78, 5) is 11.3. The van der Waals surface area contributed by atoms with Gasteiger partial charge >= 0.3 is 5.97 Å². The van der Waals surface area contributed by atoms with Crippen LogP contribution in [0.15, 0.2) is 29.4 Å². The van der Waals surface area contributed by atoms with E-state index in [1.807, 2.05) is 6.07 Å². The van der Waals surface area contributed by atoms with E-state index in [4.69, 9.17) is 5.26 Å². The number of tetrazole rings is 1. The Morgan fingerprint density at radius 1 is 1.47 bits per heavy atom. The first-order valence-corrected chi connectivity index (χ1v) is 6.21. The molecule has 0 spiro atoms. The number of esters is 1. The number of ether oxygens (including phenoxy) is 1. The highest BCUT2D eigenvalue weighted by atomic mass is 32.2. The van der Waals surface area contributed by atoms with Gasteiger partial charge in [0.1, 0.15) is 0 Å². The molecule has 0 saturated heterocycles. The Kier molecular flexibility index (Phi) is 4.10. The molecule has 0 atom stereocenters. The summed E-state index contributed by atoms with van der Waals surface area (Å²) in [7, 11) is 1.33. The monoisotopic (exact) mass is 275 g/mol. The number of nitrogens with zero attached hydrogens (tertiary/aromatic N) is 5. The number of hydrogen-bond acceptors (Lipinski definition) is 7. The van der Waals surface area contributed by atoms with Crippen LogP contribution >= 0.6 is 11.8 Å². The van der Waals surface area contributed by atoms with E-state index in [0.29, 0.717) is 16.4 Å².